The maximum Gasteiger partial charge on any atom is 0.583 e. The molecule has 4 amide bonds. The van der Waals surface area contributed by atoms with Crippen LogP contribution in [0.2, 0.25) is 0 Å². The molecular weight excluding hydrogens is 966 g/mol. The SMILES string of the molecule is CC[C@@H](N(NC(=O)c1ccc(C=O)c(B2OC(C)(C)C(C)(C)O2)c1)C(=O)c1cc(C)cc(C)c1)C(C)(C)C.CC[C@@H](N(NC(=O)c1ccc2c(c1)B(O)ON=C2)C(=O)c1cc(C)cc(C)c1)C(C)(C)C.Cl.ONO. The van der Waals surface area contributed by atoms with Gasteiger partial charge in [0.25, 0.3) is 23.6 Å². The number of carbonyl (C=O) groups excluding carboxylic acids is 5. The van der Waals surface area contributed by atoms with Crippen molar-refractivity contribution in [2.24, 2.45) is 16.0 Å². The van der Waals surface area contributed by atoms with E-state index in [0.29, 0.717) is 57.1 Å². The summed E-state index contributed by atoms with van der Waals surface area (Å²) in [6.45, 7) is 31.7. The molecule has 2 aliphatic heterocycles. The van der Waals surface area contributed by atoms with Gasteiger partial charge in [-0.2, -0.15) is 0 Å². The molecule has 1 fully saturated rings. The molecule has 4 aromatic rings. The van der Waals surface area contributed by atoms with E-state index in [0.717, 1.165) is 34.2 Å². The number of halogens is 1. The smallest absolute Gasteiger partial charge is 0.427 e. The van der Waals surface area contributed by atoms with Crippen molar-refractivity contribution in [3.8, 4) is 0 Å². The fraction of sp³-hybridized carbons (Fsp3) is 0.444. The lowest BCUT2D eigenvalue weighted by molar-refractivity contribution is -0.0678. The summed E-state index contributed by atoms with van der Waals surface area (Å²) in [7, 11) is -2.05. The van der Waals surface area contributed by atoms with Crippen LogP contribution in [0.1, 0.15) is 176 Å². The maximum atomic E-state index is 13.8. The minimum atomic E-state index is -1.24. The summed E-state index contributed by atoms with van der Waals surface area (Å²) in [5.74, 6) is -1.44. The Kier molecular flexibility index (Phi) is 21.5. The van der Waals surface area contributed by atoms with E-state index in [4.69, 9.17) is 24.5 Å². The minimum absolute atomic E-state index is 0. The van der Waals surface area contributed by atoms with Crippen molar-refractivity contribution in [1.82, 2.24) is 26.5 Å². The first-order chi connectivity index (χ1) is 33.9. The lowest BCUT2D eigenvalue weighted by atomic mass is 9.75. The Bertz CT molecular complexity index is 2630. The molecule has 0 bridgehead atoms. The number of rotatable bonds is 10. The number of nitrogens with zero attached hydrogens (tertiary/aromatic N) is 3. The topological polar surface area (TPSA) is 229 Å². The second-order valence-corrected chi connectivity index (χ2v) is 21.8. The van der Waals surface area contributed by atoms with Gasteiger partial charge in [0, 0.05) is 33.3 Å². The van der Waals surface area contributed by atoms with Crippen LogP contribution in [-0.4, -0.2) is 99.1 Å². The molecule has 0 aromatic heterocycles. The molecule has 74 heavy (non-hydrogen) atoms. The van der Waals surface area contributed by atoms with Crippen LogP contribution in [0, 0.1) is 38.5 Å². The third-order valence-corrected chi connectivity index (χ3v) is 13.2. The molecule has 17 nitrogen and oxygen atoms in total. The molecule has 0 unspecified atom stereocenters. The third-order valence-electron chi connectivity index (χ3n) is 13.2. The zero-order chi connectivity index (χ0) is 55.0. The van der Waals surface area contributed by atoms with E-state index in [2.05, 4.69) is 16.0 Å². The summed E-state index contributed by atoms with van der Waals surface area (Å²) in [6.07, 6.45) is 3.51. The summed E-state index contributed by atoms with van der Waals surface area (Å²) in [5.41, 5.74) is 12.2. The molecule has 2 atom stereocenters. The first kappa shape index (κ1) is 62.4. The van der Waals surface area contributed by atoms with Gasteiger partial charge in [-0.1, -0.05) is 108 Å². The van der Waals surface area contributed by atoms with Gasteiger partial charge in [0.15, 0.2) is 0 Å². The molecule has 2 heterocycles. The summed E-state index contributed by atoms with van der Waals surface area (Å²) in [4.78, 5) is 66.1. The van der Waals surface area contributed by atoms with Crippen molar-refractivity contribution < 1.29 is 53.5 Å². The minimum Gasteiger partial charge on any atom is -0.427 e. The lowest BCUT2D eigenvalue weighted by Crippen LogP contribution is -2.56. The summed E-state index contributed by atoms with van der Waals surface area (Å²) < 4.78 is 17.2. The van der Waals surface area contributed by atoms with Gasteiger partial charge in [-0.25, -0.2) is 10.0 Å². The third kappa shape index (κ3) is 15.3. The lowest BCUT2D eigenvalue weighted by Gasteiger charge is -2.39. The Hall–Kier alpha value is -5.92. The fourth-order valence-electron chi connectivity index (χ4n) is 8.97. The van der Waals surface area contributed by atoms with Crippen LogP contribution in [0.4, 0.5) is 0 Å². The van der Waals surface area contributed by atoms with Gasteiger partial charge in [-0.05, 0) is 139 Å². The molecule has 0 saturated carbocycles. The van der Waals surface area contributed by atoms with Crippen LogP contribution in [0.15, 0.2) is 78.0 Å². The number of carbonyl (C=O) groups is 5. The Balaban J connectivity index is 0.000000370. The van der Waals surface area contributed by atoms with Gasteiger partial charge >= 0.3 is 14.2 Å². The molecule has 6 rings (SSSR count). The van der Waals surface area contributed by atoms with Gasteiger partial charge in [0.2, 0.25) is 0 Å². The van der Waals surface area contributed by atoms with Gasteiger partial charge < -0.3 is 19.1 Å². The molecule has 20 heteroatoms. The molecule has 4 aromatic carbocycles. The zero-order valence-electron chi connectivity index (χ0n) is 45.7. The first-order valence-corrected chi connectivity index (χ1v) is 24.4. The average molecular weight is 1040 g/mol. The predicted octanol–water partition coefficient (Wildman–Crippen LogP) is 7.77. The number of benzene rings is 4. The molecule has 400 valence electrons. The Labute approximate surface area is 443 Å². The summed E-state index contributed by atoms with van der Waals surface area (Å²) >= 11 is 0. The predicted molar refractivity (Wildman–Crippen MR) is 290 cm³/mol. The van der Waals surface area contributed by atoms with Gasteiger partial charge in [-0.15, -0.1) is 17.6 Å². The van der Waals surface area contributed by atoms with Gasteiger partial charge in [-0.3, -0.25) is 45.2 Å². The Morgan fingerprint density at radius 3 is 1.39 bits per heavy atom. The van der Waals surface area contributed by atoms with Crippen LogP contribution < -0.4 is 27.4 Å². The molecule has 1 saturated heterocycles. The van der Waals surface area contributed by atoms with Crippen molar-refractivity contribution in [2.75, 3.05) is 0 Å². The number of nitrogens with one attached hydrogen (secondary N) is 3. The van der Waals surface area contributed by atoms with Crippen molar-refractivity contribution >= 4 is 73.7 Å². The van der Waals surface area contributed by atoms with Gasteiger partial charge in [0.1, 0.15) is 6.29 Å². The number of amides is 4. The molecule has 0 spiro atoms. The van der Waals surface area contributed by atoms with E-state index in [9.17, 15) is 29.0 Å². The highest BCUT2D eigenvalue weighted by atomic mass is 35.5. The highest BCUT2D eigenvalue weighted by molar-refractivity contribution is 6.63. The average Bonchev–Trinajstić information content (AvgIpc) is 3.52. The van der Waals surface area contributed by atoms with Crippen molar-refractivity contribution in [3.63, 3.8) is 0 Å². The van der Waals surface area contributed by atoms with E-state index in [1.807, 2.05) is 147 Å². The number of aryl methyl sites for hydroxylation is 4. The van der Waals surface area contributed by atoms with Crippen LogP contribution in [0.25, 0.3) is 0 Å². The number of aldehydes is 1. The molecule has 6 N–H and O–H groups in total. The standard InChI is InChI=1S/C30H41BN2O5.C24H30BN3O4.ClH.H3NO2/c1-11-25(28(4,5)6)33(27(36)23-15-19(2)14-20(3)16-23)32-26(35)21-12-13-22(18-34)24(17-21)31-37-29(7,8)30(9,10)38-31;1-7-21(24(4,5)6)28(23(30)19-11-15(2)10-16(3)12-19)27-22(29)17-8-9-18-14-26-32-25(31)20(18)13-17;;2-1-3/h12-18,25H,11H2,1-10H3,(H,32,35);8-14,21,31H,7H2,1-6H3,(H,27,29);1H;1-3H/t25-;21-;;/m11../s1. The van der Waals surface area contributed by atoms with Gasteiger partial charge in [0.05, 0.1) is 29.5 Å². The van der Waals surface area contributed by atoms with E-state index >= 15 is 0 Å². The monoisotopic (exact) mass is 1040 g/mol. The first-order valence-electron chi connectivity index (χ1n) is 24.4. The van der Waals surface area contributed by atoms with Crippen molar-refractivity contribution in [3.05, 3.63) is 128 Å². The van der Waals surface area contributed by atoms with E-state index in [-0.39, 0.29) is 47.1 Å². The second-order valence-electron chi connectivity index (χ2n) is 21.8. The highest BCUT2D eigenvalue weighted by Crippen LogP contribution is 2.37. The largest absolute Gasteiger partial charge is 0.583 e. The molecular formula is C54H75B2ClN6O11. The molecule has 0 radical (unpaired) electrons. The fourth-order valence-corrected chi connectivity index (χ4v) is 8.97. The van der Waals surface area contributed by atoms with Crippen LogP contribution in [-0.2, 0) is 14.1 Å². The Morgan fingerprint density at radius 1 is 0.649 bits per heavy atom. The zero-order valence-corrected chi connectivity index (χ0v) is 46.5. The summed E-state index contributed by atoms with van der Waals surface area (Å²) in [6, 6.07) is 20.5. The normalized spacial score (nSPS) is 15.0. The van der Waals surface area contributed by atoms with Crippen LogP contribution in [0.3, 0.4) is 0 Å². The van der Waals surface area contributed by atoms with E-state index in [1.165, 1.54) is 16.2 Å². The number of hydrazine groups is 2. The van der Waals surface area contributed by atoms with Crippen molar-refractivity contribution in [2.45, 2.75) is 147 Å². The number of hydrogen-bond donors (Lipinski definition) is 6. The van der Waals surface area contributed by atoms with Crippen LogP contribution in [0.5, 0.6) is 0 Å². The number of hydrogen-bond acceptors (Lipinski definition) is 13. The Morgan fingerprint density at radius 2 is 1.03 bits per heavy atom. The second kappa shape index (κ2) is 25.5. The quantitative estimate of drug-likeness (QED) is 0.0509. The number of fused-ring (bicyclic) bond motifs is 1. The van der Waals surface area contributed by atoms with E-state index < -0.39 is 37.3 Å². The molecule has 0 aliphatic carbocycles. The van der Waals surface area contributed by atoms with Crippen LogP contribution >= 0.6 is 12.4 Å². The summed E-state index contributed by atoms with van der Waals surface area (Å²) in [5, 5.41) is 30.3. The highest BCUT2D eigenvalue weighted by Gasteiger charge is 2.52. The molecule has 2 aliphatic rings. The maximum absolute atomic E-state index is 13.8. The number of oxime groups is 1. The van der Waals surface area contributed by atoms with E-state index in [1.54, 1.807) is 36.4 Å². The van der Waals surface area contributed by atoms with Crippen molar-refractivity contribution in [1.29, 1.82) is 0 Å².